The van der Waals surface area contributed by atoms with Crippen LogP contribution in [0.5, 0.6) is 5.75 Å². The van der Waals surface area contributed by atoms with Crippen LogP contribution in [0.1, 0.15) is 25.7 Å². The maximum Gasteiger partial charge on any atom is 0.405 e. The Hall–Kier alpha value is -2.71. The van der Waals surface area contributed by atoms with Crippen LogP contribution in [-0.2, 0) is 30.5 Å². The summed E-state index contributed by atoms with van der Waals surface area (Å²) < 4.78 is 114. The number of benzene rings is 3. The van der Waals surface area contributed by atoms with Gasteiger partial charge in [-0.1, -0.05) is 18.2 Å². The maximum absolute atomic E-state index is 13.9. The summed E-state index contributed by atoms with van der Waals surface area (Å²) in [5.74, 6) is -0.0241. The lowest BCUT2D eigenvalue weighted by Crippen LogP contribution is -2.47. The van der Waals surface area contributed by atoms with Gasteiger partial charge in [0.1, 0.15) is 11.2 Å². The number of rotatable bonds is 8. The van der Waals surface area contributed by atoms with Crippen LogP contribution in [0.3, 0.4) is 0 Å². The second-order valence-electron chi connectivity index (χ2n) is 9.47. The molecule has 0 amide bonds. The molecule has 1 aliphatic rings. The van der Waals surface area contributed by atoms with E-state index in [9.17, 15) is 30.4 Å². The van der Waals surface area contributed by atoms with Crippen molar-refractivity contribution in [2.75, 3.05) is 13.2 Å². The van der Waals surface area contributed by atoms with Gasteiger partial charge in [-0.3, -0.25) is 4.55 Å². The summed E-state index contributed by atoms with van der Waals surface area (Å²) in [6.07, 6.45) is -7.55. The highest BCUT2D eigenvalue weighted by molar-refractivity contribution is 7.97. The largest absolute Gasteiger partial charge is 0.483 e. The maximum atomic E-state index is 13.9. The fourth-order valence-electron chi connectivity index (χ4n) is 3.83. The number of hydrogen-bond acceptors (Lipinski definition) is 5. The van der Waals surface area contributed by atoms with Crippen LogP contribution in [-0.4, -0.2) is 43.7 Å². The van der Waals surface area contributed by atoms with Gasteiger partial charge < -0.3 is 14.2 Å². The molecule has 2 unspecified atom stereocenters. The first-order chi connectivity index (χ1) is 18.6. The number of hydrogen-bond donors (Lipinski definition) is 1. The predicted octanol–water partition coefficient (Wildman–Crippen LogP) is 6.64. The SMILES string of the molecule is CC(Oc1ccc([S+](c2ccccc2)c2ccc(C3OCC(C)(C(F)(F)F)CO3)cc2)cc1)C(F)(F)S(=O)(=O)O. The molecular weight excluding hydrogens is 579 g/mol. The van der Waals surface area contributed by atoms with Crippen molar-refractivity contribution in [1.82, 2.24) is 0 Å². The molecule has 3 aromatic rings. The van der Waals surface area contributed by atoms with E-state index in [4.69, 9.17) is 18.8 Å². The van der Waals surface area contributed by atoms with Crippen molar-refractivity contribution in [3.63, 3.8) is 0 Å². The molecule has 13 heteroatoms. The molecule has 0 aliphatic carbocycles. The van der Waals surface area contributed by atoms with E-state index in [0.717, 1.165) is 28.5 Å². The van der Waals surface area contributed by atoms with Crippen molar-refractivity contribution in [2.24, 2.45) is 5.41 Å². The van der Waals surface area contributed by atoms with Crippen LogP contribution in [0.25, 0.3) is 0 Å². The molecule has 0 saturated carbocycles. The Labute approximate surface area is 231 Å². The highest BCUT2D eigenvalue weighted by Crippen LogP contribution is 2.43. The minimum absolute atomic E-state index is 0.0241. The van der Waals surface area contributed by atoms with E-state index in [1.807, 2.05) is 42.5 Å². The van der Waals surface area contributed by atoms with Crippen molar-refractivity contribution < 1.29 is 49.1 Å². The Bertz CT molecular complexity index is 1390. The molecule has 1 saturated heterocycles. The van der Waals surface area contributed by atoms with E-state index >= 15 is 0 Å². The average Bonchev–Trinajstić information content (AvgIpc) is 2.90. The lowest BCUT2D eigenvalue weighted by atomic mass is 9.91. The predicted molar refractivity (Wildman–Crippen MR) is 137 cm³/mol. The summed E-state index contributed by atoms with van der Waals surface area (Å²) in [5.41, 5.74) is -1.53. The Morgan fingerprint density at radius 3 is 1.82 bits per heavy atom. The molecule has 0 bridgehead atoms. The number of halogens is 5. The van der Waals surface area contributed by atoms with Crippen LogP contribution in [0, 0.1) is 5.41 Å². The normalized spacial score (nSPS) is 21.9. The van der Waals surface area contributed by atoms with Gasteiger partial charge in [0, 0.05) is 5.56 Å². The van der Waals surface area contributed by atoms with Crippen LogP contribution < -0.4 is 4.74 Å². The second-order valence-corrected chi connectivity index (χ2v) is 13.0. The van der Waals surface area contributed by atoms with Crippen molar-refractivity contribution >= 4 is 21.0 Å². The van der Waals surface area contributed by atoms with Gasteiger partial charge in [-0.05, 0) is 74.5 Å². The first-order valence-corrected chi connectivity index (χ1v) is 14.6. The first kappa shape index (κ1) is 30.3. The average molecular weight is 606 g/mol. The van der Waals surface area contributed by atoms with E-state index < -0.39 is 63.5 Å². The summed E-state index contributed by atoms with van der Waals surface area (Å²) >= 11 is 0. The van der Waals surface area contributed by atoms with E-state index in [0.29, 0.717) is 5.56 Å². The third-order valence-electron chi connectivity index (χ3n) is 6.35. The second kappa shape index (κ2) is 11.3. The fraction of sp³-hybridized carbons (Fsp3) is 0.333. The molecule has 1 heterocycles. The molecule has 216 valence electrons. The highest BCUT2D eigenvalue weighted by atomic mass is 32.2. The van der Waals surface area contributed by atoms with Crippen molar-refractivity contribution in [2.45, 2.75) is 52.4 Å². The molecule has 1 fully saturated rings. The fourth-order valence-corrected chi connectivity index (χ4v) is 6.36. The van der Waals surface area contributed by atoms with Gasteiger partial charge >= 0.3 is 21.5 Å². The van der Waals surface area contributed by atoms with Crippen LogP contribution >= 0.6 is 0 Å². The van der Waals surface area contributed by atoms with Gasteiger partial charge in [-0.2, -0.15) is 30.4 Å². The van der Waals surface area contributed by atoms with E-state index in [1.165, 1.54) is 12.1 Å². The molecule has 1 N–H and O–H groups in total. The lowest BCUT2D eigenvalue weighted by molar-refractivity contribution is -0.316. The van der Waals surface area contributed by atoms with Crippen LogP contribution in [0.15, 0.2) is 93.5 Å². The Balaban J connectivity index is 1.55. The van der Waals surface area contributed by atoms with Crippen molar-refractivity contribution in [1.29, 1.82) is 0 Å². The Kier molecular flexibility index (Phi) is 8.53. The summed E-state index contributed by atoms with van der Waals surface area (Å²) in [7, 11) is -6.34. The minimum atomic E-state index is -5.66. The van der Waals surface area contributed by atoms with Gasteiger partial charge in [0.05, 0.1) is 24.1 Å². The Morgan fingerprint density at radius 2 is 1.35 bits per heavy atom. The number of ether oxygens (including phenoxy) is 3. The minimum Gasteiger partial charge on any atom is -0.483 e. The molecule has 0 radical (unpaired) electrons. The standard InChI is InChI=1S/C27H25F5O6S2/c1-18(26(28,29)40(33,34)35)38-20-10-14-23(15-11-20)39(21-6-4-3-5-7-21)22-12-8-19(9-13-22)24-36-16-25(2,17-37-24)27(30,31)32/h3-15,18,24H,16-17H2,1-2H3/p+1. The van der Waals surface area contributed by atoms with Gasteiger partial charge in [0.15, 0.2) is 27.1 Å². The molecule has 40 heavy (non-hydrogen) atoms. The molecule has 1 aliphatic heterocycles. The van der Waals surface area contributed by atoms with Gasteiger partial charge in [-0.15, -0.1) is 0 Å². The number of alkyl halides is 5. The van der Waals surface area contributed by atoms with Gasteiger partial charge in [-0.25, -0.2) is 0 Å². The topological polar surface area (TPSA) is 82.1 Å². The van der Waals surface area contributed by atoms with Gasteiger partial charge in [0.25, 0.3) is 0 Å². The zero-order valence-electron chi connectivity index (χ0n) is 21.3. The highest BCUT2D eigenvalue weighted by Gasteiger charge is 2.54. The molecule has 2 atom stereocenters. The Morgan fingerprint density at radius 1 is 0.875 bits per heavy atom. The summed E-state index contributed by atoms with van der Waals surface area (Å²) in [4.78, 5) is 2.57. The van der Waals surface area contributed by atoms with Crippen LogP contribution in [0.2, 0.25) is 0 Å². The third kappa shape index (κ3) is 6.28. The molecule has 4 rings (SSSR count). The molecular formula is C27H26F5O6S2+. The first-order valence-electron chi connectivity index (χ1n) is 11.9. The quantitative estimate of drug-likeness (QED) is 0.176. The van der Waals surface area contributed by atoms with Gasteiger partial charge in [0.2, 0.25) is 0 Å². The lowest BCUT2D eigenvalue weighted by Gasteiger charge is -2.38. The van der Waals surface area contributed by atoms with Crippen molar-refractivity contribution in [3.8, 4) is 5.75 Å². The smallest absolute Gasteiger partial charge is 0.405 e. The van der Waals surface area contributed by atoms with E-state index in [-0.39, 0.29) is 5.75 Å². The summed E-state index contributed by atoms with van der Waals surface area (Å²) in [6.45, 7) is 0.830. The van der Waals surface area contributed by atoms with E-state index in [1.54, 1.807) is 24.3 Å². The third-order valence-corrected chi connectivity index (χ3v) is 9.60. The van der Waals surface area contributed by atoms with Crippen molar-refractivity contribution in [3.05, 3.63) is 84.4 Å². The summed E-state index contributed by atoms with van der Waals surface area (Å²) in [5, 5.41) is -4.50. The zero-order valence-corrected chi connectivity index (χ0v) is 22.9. The summed E-state index contributed by atoms with van der Waals surface area (Å²) in [6, 6.07) is 22.6. The molecule has 6 nitrogen and oxygen atoms in total. The molecule has 3 aromatic carbocycles. The zero-order chi connectivity index (χ0) is 29.3. The van der Waals surface area contributed by atoms with E-state index in [2.05, 4.69) is 0 Å². The molecule has 0 aromatic heterocycles. The monoisotopic (exact) mass is 605 g/mol. The van der Waals surface area contributed by atoms with Crippen LogP contribution in [0.4, 0.5) is 22.0 Å². The molecule has 0 spiro atoms.